The monoisotopic (exact) mass is 790 g/mol. The number of carbonyl (C=O) groups excluding carboxylic acids is 2. The number of pyridine rings is 1. The molecule has 2 saturated heterocycles. The molecule has 7 rings (SSSR count). The Morgan fingerprint density at radius 2 is 1.56 bits per heavy atom. The molecule has 0 unspecified atom stereocenters. The van der Waals surface area contributed by atoms with E-state index in [0.717, 1.165) is 11.1 Å². The van der Waals surface area contributed by atoms with Gasteiger partial charge in [-0.3, -0.25) is 14.6 Å². The molecular formula is C42H37BF6N2O6. The third-order valence-electron chi connectivity index (χ3n) is 10.8. The summed E-state index contributed by atoms with van der Waals surface area (Å²) in [4.78, 5) is 33.4. The lowest BCUT2D eigenvalue weighted by atomic mass is 9.58. The predicted molar refractivity (Wildman–Crippen MR) is 200 cm³/mol. The number of phenols is 1. The number of imide groups is 1. The molecule has 0 spiro atoms. The minimum Gasteiger partial charge on any atom is -0.507 e. The molecule has 2 N–H and O–H groups in total. The SMILES string of the molecule is Cc1cc(/C=C(/CC[C@H]2OB(O)C[C@H]3C2=C(COc2ccccc2)C[C@H]2C(=O)N(c4cc(C(F)(F)F)cc(C(F)(F)F)c4)C(=O)[C@H]23)c2ccccn2)cc(C)c1O. The van der Waals surface area contributed by atoms with Crippen LogP contribution in [0.1, 0.15) is 52.8 Å². The number of ether oxygens (including phenoxy) is 1. The van der Waals surface area contributed by atoms with E-state index >= 15 is 0 Å². The van der Waals surface area contributed by atoms with Gasteiger partial charge in [-0.25, -0.2) is 4.90 Å². The van der Waals surface area contributed by atoms with Crippen molar-refractivity contribution < 1.29 is 55.5 Å². The number of fused-ring (bicyclic) bond motifs is 3. The molecule has 8 nitrogen and oxygen atoms in total. The topological polar surface area (TPSA) is 109 Å². The molecule has 1 aliphatic carbocycles. The zero-order valence-corrected chi connectivity index (χ0v) is 30.8. The van der Waals surface area contributed by atoms with E-state index in [1.807, 2.05) is 30.3 Å². The van der Waals surface area contributed by atoms with E-state index in [2.05, 4.69) is 4.98 Å². The minimum atomic E-state index is -5.20. The molecule has 0 radical (unpaired) electrons. The molecule has 15 heteroatoms. The Kier molecular flexibility index (Phi) is 10.8. The van der Waals surface area contributed by atoms with Crippen molar-refractivity contribution in [2.45, 2.75) is 57.9 Å². The highest BCUT2D eigenvalue weighted by molar-refractivity contribution is 6.43. The molecule has 3 aromatic carbocycles. The van der Waals surface area contributed by atoms with Crippen LogP contribution < -0.4 is 9.64 Å². The van der Waals surface area contributed by atoms with Crippen LogP contribution in [-0.2, 0) is 26.6 Å². The number of benzene rings is 3. The van der Waals surface area contributed by atoms with Crippen molar-refractivity contribution in [1.82, 2.24) is 4.98 Å². The quantitative estimate of drug-likeness (QED) is 0.0755. The van der Waals surface area contributed by atoms with Crippen molar-refractivity contribution >= 4 is 36.3 Å². The number of rotatable bonds is 9. The summed E-state index contributed by atoms with van der Waals surface area (Å²) in [5.74, 6) is -4.43. The van der Waals surface area contributed by atoms with E-state index in [9.17, 15) is 46.1 Å². The zero-order chi connectivity index (χ0) is 40.8. The van der Waals surface area contributed by atoms with Gasteiger partial charge in [0.1, 0.15) is 18.1 Å². The summed E-state index contributed by atoms with van der Waals surface area (Å²) in [7, 11) is -1.41. The molecule has 3 aliphatic rings. The van der Waals surface area contributed by atoms with Crippen LogP contribution in [0.2, 0.25) is 6.32 Å². The smallest absolute Gasteiger partial charge is 0.455 e. The van der Waals surface area contributed by atoms with Crippen LogP contribution in [0.4, 0.5) is 32.0 Å². The Hall–Kier alpha value is -5.41. The largest absolute Gasteiger partial charge is 0.507 e. The maximum Gasteiger partial charge on any atom is 0.455 e. The van der Waals surface area contributed by atoms with Crippen LogP contribution in [0.5, 0.6) is 11.5 Å². The maximum atomic E-state index is 14.3. The first kappa shape index (κ1) is 39.8. The first-order chi connectivity index (χ1) is 27.0. The highest BCUT2D eigenvalue weighted by Gasteiger charge is 2.58. The van der Waals surface area contributed by atoms with Crippen LogP contribution in [0.15, 0.2) is 96.2 Å². The van der Waals surface area contributed by atoms with Crippen molar-refractivity contribution in [2.24, 2.45) is 17.8 Å². The molecule has 2 fully saturated rings. The van der Waals surface area contributed by atoms with Gasteiger partial charge >= 0.3 is 19.5 Å². The first-order valence-corrected chi connectivity index (χ1v) is 18.3. The number of hydrogen-bond acceptors (Lipinski definition) is 7. The van der Waals surface area contributed by atoms with E-state index < -0.39 is 72.0 Å². The van der Waals surface area contributed by atoms with Crippen molar-refractivity contribution in [3.63, 3.8) is 0 Å². The van der Waals surface area contributed by atoms with Gasteiger partial charge in [-0.2, -0.15) is 26.3 Å². The summed E-state index contributed by atoms with van der Waals surface area (Å²) in [6.07, 6.45) is -7.29. The Bertz CT molecular complexity index is 2190. The number of amides is 2. The second-order valence-corrected chi connectivity index (χ2v) is 14.6. The highest BCUT2D eigenvalue weighted by Crippen LogP contribution is 2.52. The number of hydrogen-bond donors (Lipinski definition) is 2. The molecule has 4 atom stereocenters. The highest BCUT2D eigenvalue weighted by atomic mass is 19.4. The van der Waals surface area contributed by atoms with Gasteiger partial charge in [0.2, 0.25) is 11.8 Å². The lowest BCUT2D eigenvalue weighted by Gasteiger charge is -2.43. The van der Waals surface area contributed by atoms with Gasteiger partial charge in [-0.05, 0) is 139 Å². The van der Waals surface area contributed by atoms with Crippen LogP contribution >= 0.6 is 0 Å². The second kappa shape index (κ2) is 15.5. The molecule has 2 amide bonds. The summed E-state index contributed by atoms with van der Waals surface area (Å²) < 4.78 is 95.5. The Labute approximate surface area is 324 Å². The standard InChI is InChI=1S/C42H37BF6N2O6/c1-23-14-25(15-24(2)38(23)52)16-26(34-10-6-7-13-50-34)11-12-35-36-27(22-56-31-8-4-3-5-9-31)17-32-37(33(36)21-43(55)57-35)40(54)51(39(32)53)30-19-28(41(44,45)46)18-29(20-30)42(47,48)49/h3-10,13-16,18-20,32-33,35,37,52,55H,11-12,17,21-22H2,1-2H3/b26-16-/t32-,33+,35-,37-/m1/s1. The van der Waals surface area contributed by atoms with Gasteiger partial charge in [0.25, 0.3) is 0 Å². The van der Waals surface area contributed by atoms with E-state index in [4.69, 9.17) is 9.39 Å². The van der Waals surface area contributed by atoms with Crippen molar-refractivity contribution in [2.75, 3.05) is 11.5 Å². The van der Waals surface area contributed by atoms with Crippen LogP contribution in [-0.4, -0.2) is 46.8 Å². The van der Waals surface area contributed by atoms with E-state index in [1.165, 1.54) is 0 Å². The molecule has 0 bridgehead atoms. The lowest BCUT2D eigenvalue weighted by molar-refractivity contribution is -0.143. The average molecular weight is 791 g/mol. The normalized spacial score (nSPS) is 21.5. The van der Waals surface area contributed by atoms with Gasteiger partial charge in [0.15, 0.2) is 0 Å². The Morgan fingerprint density at radius 1 is 0.912 bits per heavy atom. The summed E-state index contributed by atoms with van der Waals surface area (Å²) in [5.41, 5.74) is 0.640. The van der Waals surface area contributed by atoms with Gasteiger partial charge in [0, 0.05) is 6.20 Å². The number of nitrogens with zero attached hydrogens (tertiary/aromatic N) is 2. The van der Waals surface area contributed by atoms with Crippen LogP contribution in [0.3, 0.4) is 0 Å². The molecule has 1 aromatic heterocycles. The minimum absolute atomic E-state index is 0.0582. The predicted octanol–water partition coefficient (Wildman–Crippen LogP) is 8.84. The average Bonchev–Trinajstić information content (AvgIpc) is 3.42. The van der Waals surface area contributed by atoms with Crippen molar-refractivity contribution in [3.8, 4) is 11.5 Å². The van der Waals surface area contributed by atoms with Gasteiger partial charge in [0.05, 0.1) is 40.4 Å². The van der Waals surface area contributed by atoms with Crippen LogP contribution in [0, 0.1) is 31.6 Å². The molecule has 4 aromatic rings. The molecule has 296 valence electrons. The summed E-state index contributed by atoms with van der Waals surface area (Å²) in [6.45, 7) is 3.52. The van der Waals surface area contributed by atoms with E-state index in [1.54, 1.807) is 56.4 Å². The Balaban J connectivity index is 1.27. The van der Waals surface area contributed by atoms with E-state index in [-0.39, 0.29) is 37.6 Å². The second-order valence-electron chi connectivity index (χ2n) is 14.6. The van der Waals surface area contributed by atoms with Crippen molar-refractivity contribution in [3.05, 3.63) is 130 Å². The number of allylic oxidation sites excluding steroid dienone is 1. The lowest BCUT2D eigenvalue weighted by Crippen LogP contribution is -2.46. The molecule has 2 aliphatic heterocycles. The number of anilines is 1. The molecular weight excluding hydrogens is 753 g/mol. The van der Waals surface area contributed by atoms with Gasteiger partial charge in [-0.15, -0.1) is 0 Å². The first-order valence-electron chi connectivity index (χ1n) is 18.3. The van der Waals surface area contributed by atoms with Crippen LogP contribution in [0.25, 0.3) is 11.6 Å². The number of aromatic nitrogens is 1. The number of phenolic OH excluding ortho intramolecular Hbond substituents is 1. The fourth-order valence-corrected chi connectivity index (χ4v) is 8.29. The van der Waals surface area contributed by atoms with E-state index in [0.29, 0.717) is 57.2 Å². The summed E-state index contributed by atoms with van der Waals surface area (Å²) in [5, 5.41) is 21.5. The number of carbonyl (C=O) groups is 2. The molecule has 57 heavy (non-hydrogen) atoms. The third-order valence-corrected chi connectivity index (χ3v) is 10.8. The fraction of sp³-hybridized carbons (Fsp3) is 0.310. The third kappa shape index (κ3) is 8.22. The number of aryl methyl sites for hydroxylation is 2. The molecule has 3 heterocycles. The number of halogens is 6. The number of aromatic hydroxyl groups is 1. The van der Waals surface area contributed by atoms with Gasteiger partial charge in [-0.1, -0.05) is 24.3 Å². The van der Waals surface area contributed by atoms with Crippen molar-refractivity contribution in [1.29, 1.82) is 0 Å². The van der Waals surface area contributed by atoms with Gasteiger partial charge < -0.3 is 19.5 Å². The zero-order valence-electron chi connectivity index (χ0n) is 30.8. The Morgan fingerprint density at radius 3 is 2.18 bits per heavy atom. The fourth-order valence-electron chi connectivity index (χ4n) is 8.29. The maximum absolute atomic E-state index is 14.3. The number of alkyl halides is 6. The number of para-hydroxylation sites is 1. The molecule has 0 saturated carbocycles. The summed E-state index contributed by atoms with van der Waals surface area (Å²) >= 11 is 0. The summed E-state index contributed by atoms with van der Waals surface area (Å²) in [6, 6.07) is 18.6.